The molecule has 1 aliphatic heterocycles. The van der Waals surface area contributed by atoms with E-state index in [9.17, 15) is 4.79 Å². The molecular formula is C24H18ClN3O2. The Morgan fingerprint density at radius 3 is 2.70 bits per heavy atom. The zero-order chi connectivity index (χ0) is 20.5. The van der Waals surface area contributed by atoms with Crippen molar-refractivity contribution >= 4 is 29.7 Å². The number of H-pyrrole nitrogens is 1. The van der Waals surface area contributed by atoms with Gasteiger partial charge in [0.25, 0.3) is 5.91 Å². The topological polar surface area (TPSA) is 70.9 Å². The average molecular weight is 416 g/mol. The van der Waals surface area contributed by atoms with E-state index in [1.165, 1.54) is 0 Å². The Hall–Kier alpha value is -3.57. The number of amides is 1. The summed E-state index contributed by atoms with van der Waals surface area (Å²) in [5, 5.41) is 3.56. The van der Waals surface area contributed by atoms with Gasteiger partial charge in [-0.25, -0.2) is 0 Å². The third-order valence-electron chi connectivity index (χ3n) is 5.07. The van der Waals surface area contributed by atoms with Crippen molar-refractivity contribution in [2.75, 3.05) is 6.54 Å². The third kappa shape index (κ3) is 3.67. The quantitative estimate of drug-likeness (QED) is 0.465. The van der Waals surface area contributed by atoms with Gasteiger partial charge in [-0.2, -0.15) is 0 Å². The van der Waals surface area contributed by atoms with Crippen LogP contribution in [0.1, 0.15) is 27.5 Å². The van der Waals surface area contributed by atoms with Crippen LogP contribution in [-0.4, -0.2) is 22.4 Å². The van der Waals surface area contributed by atoms with E-state index in [4.69, 9.17) is 16.0 Å². The Balaban J connectivity index is 1.37. The van der Waals surface area contributed by atoms with Gasteiger partial charge in [-0.15, -0.1) is 0 Å². The van der Waals surface area contributed by atoms with Gasteiger partial charge in [0.05, 0.1) is 11.3 Å². The summed E-state index contributed by atoms with van der Waals surface area (Å²) < 4.78 is 5.90. The average Bonchev–Trinajstić information content (AvgIpc) is 3.41. The number of nitrogens with zero attached hydrogens (tertiary/aromatic N) is 1. The van der Waals surface area contributed by atoms with Gasteiger partial charge in [-0.05, 0) is 66.7 Å². The zero-order valence-corrected chi connectivity index (χ0v) is 16.7. The molecule has 0 saturated carbocycles. The fourth-order valence-corrected chi connectivity index (χ4v) is 3.66. The van der Waals surface area contributed by atoms with Gasteiger partial charge in [-0.1, -0.05) is 11.6 Å². The fraction of sp³-hybridized carbons (Fsp3) is 0.0833. The second kappa shape index (κ2) is 7.69. The molecule has 5 nitrogen and oxygen atoms in total. The molecule has 2 N–H and O–H groups in total. The number of hydrogen-bond acceptors (Lipinski definition) is 3. The predicted molar refractivity (Wildman–Crippen MR) is 118 cm³/mol. The first kappa shape index (κ1) is 18.5. The number of halogens is 1. The molecule has 4 heterocycles. The molecule has 0 bridgehead atoms. The van der Waals surface area contributed by atoms with Crippen molar-refractivity contribution in [3.05, 3.63) is 88.5 Å². The number of benzene rings is 1. The lowest BCUT2D eigenvalue weighted by Crippen LogP contribution is -2.31. The first-order valence-electron chi connectivity index (χ1n) is 9.66. The summed E-state index contributed by atoms with van der Waals surface area (Å²) in [5.41, 5.74) is 5.36. The van der Waals surface area contributed by atoms with Gasteiger partial charge in [0.1, 0.15) is 11.5 Å². The number of aromatic amines is 1. The van der Waals surface area contributed by atoms with E-state index in [2.05, 4.69) is 15.3 Å². The van der Waals surface area contributed by atoms with Crippen LogP contribution in [0.2, 0.25) is 5.02 Å². The second-order valence-corrected chi connectivity index (χ2v) is 7.53. The maximum Gasteiger partial charge on any atom is 0.253 e. The molecule has 1 aliphatic rings. The highest BCUT2D eigenvalue weighted by Crippen LogP contribution is 2.26. The number of pyridine rings is 1. The Kier molecular flexibility index (Phi) is 4.73. The summed E-state index contributed by atoms with van der Waals surface area (Å²) in [6, 6.07) is 17.2. The van der Waals surface area contributed by atoms with Gasteiger partial charge >= 0.3 is 0 Å². The number of aromatic nitrogens is 2. The van der Waals surface area contributed by atoms with Crippen LogP contribution < -0.4 is 5.32 Å². The first-order chi connectivity index (χ1) is 14.7. The standard InChI is InChI=1S/C24H18ClN3O2/c25-17-3-1-15(2-4-17)23-8-7-19(30-23)6-5-18-13-16(9-11-26-18)22-14-20-21(28-22)10-12-27-24(20)29/h1-9,11,13-14,28H,10,12H2,(H,27,29). The van der Waals surface area contributed by atoms with Gasteiger partial charge < -0.3 is 14.7 Å². The summed E-state index contributed by atoms with van der Waals surface area (Å²) in [4.78, 5) is 19.8. The fourth-order valence-electron chi connectivity index (χ4n) is 3.54. The van der Waals surface area contributed by atoms with E-state index >= 15 is 0 Å². The summed E-state index contributed by atoms with van der Waals surface area (Å²) in [6.45, 7) is 0.664. The van der Waals surface area contributed by atoms with E-state index < -0.39 is 0 Å². The van der Waals surface area contributed by atoms with Crippen LogP contribution in [0.15, 0.2) is 65.2 Å². The minimum absolute atomic E-state index is 0.0257. The van der Waals surface area contributed by atoms with Crippen LogP contribution in [-0.2, 0) is 6.42 Å². The molecule has 0 saturated heterocycles. The second-order valence-electron chi connectivity index (χ2n) is 7.09. The molecule has 1 aromatic carbocycles. The highest BCUT2D eigenvalue weighted by molar-refractivity contribution is 6.30. The highest BCUT2D eigenvalue weighted by Gasteiger charge is 2.19. The monoisotopic (exact) mass is 415 g/mol. The van der Waals surface area contributed by atoms with E-state index in [-0.39, 0.29) is 5.91 Å². The number of nitrogens with one attached hydrogen (secondary N) is 2. The van der Waals surface area contributed by atoms with Crippen LogP contribution >= 0.6 is 11.6 Å². The Morgan fingerprint density at radius 1 is 1.00 bits per heavy atom. The van der Waals surface area contributed by atoms with Crippen LogP contribution in [0.25, 0.3) is 34.7 Å². The lowest BCUT2D eigenvalue weighted by Gasteiger charge is -2.10. The molecule has 0 aliphatic carbocycles. The molecule has 4 aromatic rings. The van der Waals surface area contributed by atoms with Crippen molar-refractivity contribution in [3.63, 3.8) is 0 Å². The maximum atomic E-state index is 12.0. The van der Waals surface area contributed by atoms with Crippen molar-refractivity contribution < 1.29 is 9.21 Å². The number of furan rings is 1. The molecule has 0 unspecified atom stereocenters. The van der Waals surface area contributed by atoms with Crippen molar-refractivity contribution in [1.29, 1.82) is 0 Å². The largest absolute Gasteiger partial charge is 0.457 e. The molecule has 0 radical (unpaired) electrons. The normalized spacial score (nSPS) is 13.4. The number of rotatable bonds is 4. The van der Waals surface area contributed by atoms with E-state index in [1.54, 1.807) is 6.20 Å². The van der Waals surface area contributed by atoms with Crippen molar-refractivity contribution in [2.24, 2.45) is 0 Å². The van der Waals surface area contributed by atoms with E-state index in [1.807, 2.05) is 66.7 Å². The van der Waals surface area contributed by atoms with Gasteiger partial charge in [0.2, 0.25) is 0 Å². The molecular weight excluding hydrogens is 398 g/mol. The van der Waals surface area contributed by atoms with Crippen LogP contribution in [0.5, 0.6) is 0 Å². The number of carbonyl (C=O) groups excluding carboxylic acids is 1. The van der Waals surface area contributed by atoms with Gasteiger partial charge in [0.15, 0.2) is 0 Å². The van der Waals surface area contributed by atoms with Gasteiger partial charge in [0, 0.05) is 46.7 Å². The van der Waals surface area contributed by atoms with E-state index in [0.29, 0.717) is 11.6 Å². The van der Waals surface area contributed by atoms with Crippen LogP contribution in [0.3, 0.4) is 0 Å². The zero-order valence-electron chi connectivity index (χ0n) is 16.0. The number of hydrogen-bond donors (Lipinski definition) is 2. The van der Waals surface area contributed by atoms with Crippen LogP contribution in [0.4, 0.5) is 0 Å². The van der Waals surface area contributed by atoms with Crippen molar-refractivity contribution in [3.8, 4) is 22.6 Å². The maximum absolute atomic E-state index is 12.0. The highest BCUT2D eigenvalue weighted by atomic mass is 35.5. The lowest BCUT2D eigenvalue weighted by molar-refractivity contribution is 0.0946. The van der Waals surface area contributed by atoms with Crippen LogP contribution in [0, 0.1) is 0 Å². The Morgan fingerprint density at radius 2 is 1.87 bits per heavy atom. The van der Waals surface area contributed by atoms with Gasteiger partial charge in [-0.3, -0.25) is 9.78 Å². The smallest absolute Gasteiger partial charge is 0.253 e. The summed E-state index contributed by atoms with van der Waals surface area (Å²) in [5.74, 6) is 1.49. The SMILES string of the molecule is O=C1NCCc2[nH]c(-c3ccnc(C=Cc4ccc(-c5ccc(Cl)cc5)o4)c3)cc21. The summed E-state index contributed by atoms with van der Waals surface area (Å²) >= 11 is 5.94. The van der Waals surface area contributed by atoms with Crippen molar-refractivity contribution in [2.45, 2.75) is 6.42 Å². The number of fused-ring (bicyclic) bond motifs is 1. The summed E-state index contributed by atoms with van der Waals surface area (Å²) in [6.07, 6.45) is 6.37. The van der Waals surface area contributed by atoms with Crippen molar-refractivity contribution in [1.82, 2.24) is 15.3 Å². The molecule has 0 atom stereocenters. The predicted octanol–water partition coefficient (Wildman–Crippen LogP) is 5.45. The molecule has 30 heavy (non-hydrogen) atoms. The third-order valence-corrected chi connectivity index (χ3v) is 5.32. The first-order valence-corrected chi connectivity index (χ1v) is 10.0. The minimum atomic E-state index is -0.0257. The Bertz CT molecular complexity index is 1250. The molecule has 0 spiro atoms. The molecule has 6 heteroatoms. The lowest BCUT2D eigenvalue weighted by atomic mass is 10.1. The minimum Gasteiger partial charge on any atom is -0.457 e. The number of carbonyl (C=O) groups is 1. The molecule has 0 fully saturated rings. The Labute approximate surface area is 178 Å². The summed E-state index contributed by atoms with van der Waals surface area (Å²) in [7, 11) is 0. The molecule has 3 aromatic heterocycles. The van der Waals surface area contributed by atoms with E-state index in [0.717, 1.165) is 51.7 Å². The molecule has 148 valence electrons. The molecule has 5 rings (SSSR count). The molecule has 1 amide bonds.